The molecule has 0 unspecified atom stereocenters. The fourth-order valence-corrected chi connectivity index (χ4v) is 4.26. The van der Waals surface area contributed by atoms with Crippen molar-refractivity contribution in [3.63, 3.8) is 0 Å². The smallest absolute Gasteiger partial charge is 0.0249 e. The Labute approximate surface area is 166 Å². The maximum Gasteiger partial charge on any atom is 0.0249 e. The van der Waals surface area contributed by atoms with Crippen molar-refractivity contribution in [3.05, 3.63) is 70.8 Å². The molecule has 0 heteroatoms. The first kappa shape index (κ1) is 19.8. The number of rotatable bonds is 6. The summed E-state index contributed by atoms with van der Waals surface area (Å²) in [5.74, 6) is 8.32. The molecule has 0 atom stereocenters. The van der Waals surface area contributed by atoms with E-state index in [-0.39, 0.29) is 0 Å². The van der Waals surface area contributed by atoms with E-state index in [0.717, 1.165) is 23.0 Å². The molecule has 0 spiro atoms. The van der Waals surface area contributed by atoms with Crippen molar-refractivity contribution in [2.24, 2.45) is 5.92 Å². The van der Waals surface area contributed by atoms with E-state index in [4.69, 9.17) is 0 Å². The largest absolute Gasteiger partial charge is 0.0654 e. The quantitative estimate of drug-likeness (QED) is 0.367. The Morgan fingerprint density at radius 2 is 1.33 bits per heavy atom. The molecule has 1 fully saturated rings. The third-order valence-electron chi connectivity index (χ3n) is 6.10. The summed E-state index contributed by atoms with van der Waals surface area (Å²) >= 11 is 0. The topological polar surface area (TPSA) is 0 Å². The van der Waals surface area contributed by atoms with Crippen LogP contribution in [0.25, 0.3) is 0 Å². The van der Waals surface area contributed by atoms with Crippen LogP contribution in [-0.2, 0) is 0 Å². The lowest BCUT2D eigenvalue weighted by Crippen LogP contribution is -2.13. The standard InChI is InChI=1S/C27H34/c1-3-4-5-6-7-23-14-18-26(19-15-23)27-20-16-25(17-21-27)13-12-24-10-8-22(2)9-11-24/h8-11,16-17,20-21,23,26H,3-7,14-15,18-19H2,1-2H3. The van der Waals surface area contributed by atoms with Gasteiger partial charge in [0.25, 0.3) is 0 Å². The van der Waals surface area contributed by atoms with E-state index < -0.39 is 0 Å². The van der Waals surface area contributed by atoms with Gasteiger partial charge in [-0.1, -0.05) is 80.7 Å². The second kappa shape index (κ2) is 10.4. The van der Waals surface area contributed by atoms with Crippen LogP contribution in [0.1, 0.15) is 92.9 Å². The van der Waals surface area contributed by atoms with Crippen molar-refractivity contribution >= 4 is 0 Å². The molecule has 0 amide bonds. The lowest BCUT2D eigenvalue weighted by molar-refractivity contribution is 0.302. The highest BCUT2D eigenvalue weighted by molar-refractivity contribution is 5.44. The van der Waals surface area contributed by atoms with Crippen molar-refractivity contribution in [2.45, 2.75) is 77.6 Å². The average molecular weight is 359 g/mol. The van der Waals surface area contributed by atoms with Crippen molar-refractivity contribution in [1.29, 1.82) is 0 Å². The second-order valence-electron chi connectivity index (χ2n) is 8.31. The first-order valence-electron chi connectivity index (χ1n) is 10.9. The summed E-state index contributed by atoms with van der Waals surface area (Å²) in [6.45, 7) is 4.40. The average Bonchev–Trinajstić information content (AvgIpc) is 2.72. The van der Waals surface area contributed by atoms with E-state index in [2.05, 4.69) is 74.2 Å². The molecule has 0 aliphatic heterocycles. The lowest BCUT2D eigenvalue weighted by atomic mass is 9.77. The van der Waals surface area contributed by atoms with Gasteiger partial charge < -0.3 is 0 Å². The first-order valence-corrected chi connectivity index (χ1v) is 10.9. The first-order chi connectivity index (χ1) is 13.2. The van der Waals surface area contributed by atoms with Gasteiger partial charge in [-0.25, -0.2) is 0 Å². The van der Waals surface area contributed by atoms with Crippen LogP contribution in [0.5, 0.6) is 0 Å². The predicted molar refractivity (Wildman–Crippen MR) is 117 cm³/mol. The summed E-state index contributed by atoms with van der Waals surface area (Å²) < 4.78 is 0. The highest BCUT2D eigenvalue weighted by atomic mass is 14.3. The van der Waals surface area contributed by atoms with Gasteiger partial charge in [0.15, 0.2) is 0 Å². The zero-order valence-corrected chi connectivity index (χ0v) is 17.1. The Morgan fingerprint density at radius 1 is 0.741 bits per heavy atom. The summed E-state index contributed by atoms with van der Waals surface area (Å²) in [5, 5.41) is 0. The van der Waals surface area contributed by atoms with Crippen LogP contribution in [0, 0.1) is 24.7 Å². The summed E-state index contributed by atoms with van der Waals surface area (Å²) in [6, 6.07) is 17.5. The third-order valence-corrected chi connectivity index (χ3v) is 6.10. The maximum atomic E-state index is 3.30. The summed E-state index contributed by atoms with van der Waals surface area (Å²) in [4.78, 5) is 0. The van der Waals surface area contributed by atoms with Gasteiger partial charge in [0.05, 0.1) is 0 Å². The van der Waals surface area contributed by atoms with Crippen LogP contribution in [0.4, 0.5) is 0 Å². The van der Waals surface area contributed by atoms with Gasteiger partial charge in [-0.05, 0) is 74.3 Å². The van der Waals surface area contributed by atoms with E-state index >= 15 is 0 Å². The van der Waals surface area contributed by atoms with Gasteiger partial charge in [-0.15, -0.1) is 0 Å². The minimum absolute atomic E-state index is 0.760. The molecule has 1 aliphatic carbocycles. The highest BCUT2D eigenvalue weighted by Crippen LogP contribution is 2.37. The Kier molecular flexibility index (Phi) is 7.58. The second-order valence-corrected chi connectivity index (χ2v) is 8.31. The normalized spacial score (nSPS) is 19.3. The Hall–Kier alpha value is -2.00. The van der Waals surface area contributed by atoms with Crippen LogP contribution >= 0.6 is 0 Å². The van der Waals surface area contributed by atoms with Gasteiger partial charge >= 0.3 is 0 Å². The Morgan fingerprint density at radius 3 is 1.93 bits per heavy atom. The van der Waals surface area contributed by atoms with Crippen LogP contribution in [0.3, 0.4) is 0 Å². The molecule has 27 heavy (non-hydrogen) atoms. The zero-order valence-electron chi connectivity index (χ0n) is 17.1. The fraction of sp³-hybridized carbons (Fsp3) is 0.481. The summed E-state index contributed by atoms with van der Waals surface area (Å²) in [6.07, 6.45) is 12.7. The van der Waals surface area contributed by atoms with Crippen LogP contribution in [0.15, 0.2) is 48.5 Å². The van der Waals surface area contributed by atoms with Crippen molar-refractivity contribution in [2.75, 3.05) is 0 Å². The number of benzene rings is 2. The number of aryl methyl sites for hydroxylation is 1. The molecule has 1 aliphatic rings. The molecule has 0 aromatic heterocycles. The van der Waals surface area contributed by atoms with Gasteiger partial charge in [-0.2, -0.15) is 0 Å². The molecular weight excluding hydrogens is 324 g/mol. The molecule has 2 aromatic rings. The van der Waals surface area contributed by atoms with Gasteiger partial charge in [0, 0.05) is 11.1 Å². The minimum Gasteiger partial charge on any atom is -0.0654 e. The predicted octanol–water partition coefficient (Wildman–Crippen LogP) is 7.64. The molecule has 0 N–H and O–H groups in total. The molecule has 3 rings (SSSR count). The summed E-state index contributed by atoms with van der Waals surface area (Å²) in [7, 11) is 0. The van der Waals surface area contributed by atoms with Crippen LogP contribution in [-0.4, -0.2) is 0 Å². The van der Waals surface area contributed by atoms with Crippen molar-refractivity contribution < 1.29 is 0 Å². The molecule has 0 nitrogen and oxygen atoms in total. The fourth-order valence-electron chi connectivity index (χ4n) is 4.26. The number of hydrogen-bond acceptors (Lipinski definition) is 0. The monoisotopic (exact) mass is 358 g/mol. The Balaban J connectivity index is 1.49. The molecule has 1 saturated carbocycles. The van der Waals surface area contributed by atoms with E-state index in [1.165, 1.54) is 68.9 Å². The highest BCUT2D eigenvalue weighted by Gasteiger charge is 2.21. The third kappa shape index (κ3) is 6.28. The molecule has 2 aromatic carbocycles. The molecule has 0 bridgehead atoms. The molecule has 0 heterocycles. The van der Waals surface area contributed by atoms with E-state index in [0.29, 0.717) is 0 Å². The summed E-state index contributed by atoms with van der Waals surface area (Å²) in [5.41, 5.74) is 4.99. The Bertz CT molecular complexity index is 731. The molecule has 0 saturated heterocycles. The van der Waals surface area contributed by atoms with Gasteiger partial charge in [0.1, 0.15) is 0 Å². The number of unbranched alkanes of at least 4 members (excludes halogenated alkanes) is 3. The minimum atomic E-state index is 0.760. The van der Waals surface area contributed by atoms with Crippen LogP contribution < -0.4 is 0 Å². The van der Waals surface area contributed by atoms with Crippen molar-refractivity contribution in [1.82, 2.24) is 0 Å². The zero-order chi connectivity index (χ0) is 18.9. The van der Waals surface area contributed by atoms with Crippen molar-refractivity contribution in [3.8, 4) is 11.8 Å². The van der Waals surface area contributed by atoms with E-state index in [1.807, 2.05) is 0 Å². The SMILES string of the molecule is CCCCCCC1CCC(c2ccc(C#Cc3ccc(C)cc3)cc2)CC1. The molecule has 0 radical (unpaired) electrons. The van der Waals surface area contributed by atoms with E-state index in [1.54, 1.807) is 0 Å². The lowest BCUT2D eigenvalue weighted by Gasteiger charge is -2.29. The molecule has 142 valence electrons. The van der Waals surface area contributed by atoms with Gasteiger partial charge in [0.2, 0.25) is 0 Å². The van der Waals surface area contributed by atoms with Gasteiger partial charge in [-0.3, -0.25) is 0 Å². The van der Waals surface area contributed by atoms with Crippen LogP contribution in [0.2, 0.25) is 0 Å². The van der Waals surface area contributed by atoms with E-state index in [9.17, 15) is 0 Å². The molecular formula is C27H34. The number of hydrogen-bond donors (Lipinski definition) is 0. The maximum absolute atomic E-state index is 3.30.